The van der Waals surface area contributed by atoms with Gasteiger partial charge in [0.15, 0.2) is 11.5 Å². The summed E-state index contributed by atoms with van der Waals surface area (Å²) in [5.74, 6) is 0.887. The van der Waals surface area contributed by atoms with Gasteiger partial charge in [-0.3, -0.25) is 0 Å². The molecule has 0 spiro atoms. The molecular formula is C19H12BrIN6. The van der Waals surface area contributed by atoms with E-state index in [0.717, 1.165) is 19.2 Å². The summed E-state index contributed by atoms with van der Waals surface area (Å²) >= 11 is 5.74. The lowest BCUT2D eigenvalue weighted by Crippen LogP contribution is -2.06. The van der Waals surface area contributed by atoms with E-state index in [1.807, 2.05) is 42.5 Å². The van der Waals surface area contributed by atoms with Gasteiger partial charge in [-0.2, -0.15) is 9.78 Å². The van der Waals surface area contributed by atoms with Crippen LogP contribution in [0.5, 0.6) is 0 Å². The van der Waals surface area contributed by atoms with E-state index in [4.69, 9.17) is 5.73 Å². The van der Waals surface area contributed by atoms with Gasteiger partial charge in [-0.1, -0.05) is 52.3 Å². The van der Waals surface area contributed by atoms with E-state index >= 15 is 0 Å². The number of hydrogen-bond acceptors (Lipinski definition) is 5. The predicted octanol–water partition coefficient (Wildman–Crippen LogP) is 4.20. The van der Waals surface area contributed by atoms with Crippen LogP contribution in [0.3, 0.4) is 0 Å². The normalized spacial score (nSPS) is 10.9. The molecule has 2 aromatic heterocycles. The smallest absolute Gasteiger partial charge is 0.223 e. The fourth-order valence-electron chi connectivity index (χ4n) is 2.83. The Balaban J connectivity index is 1.85. The van der Waals surface area contributed by atoms with Crippen molar-refractivity contribution in [3.05, 3.63) is 73.5 Å². The number of benzene rings is 2. The van der Waals surface area contributed by atoms with Crippen LogP contribution in [-0.4, -0.2) is 19.6 Å². The maximum atomic E-state index is 9.40. The van der Waals surface area contributed by atoms with Crippen molar-refractivity contribution in [1.29, 1.82) is 5.26 Å². The van der Waals surface area contributed by atoms with Crippen LogP contribution in [-0.2, 0) is 6.42 Å². The molecule has 4 rings (SSSR count). The van der Waals surface area contributed by atoms with Crippen LogP contribution in [0.4, 0.5) is 5.95 Å². The van der Waals surface area contributed by atoms with Gasteiger partial charge in [0.1, 0.15) is 0 Å². The second kappa shape index (κ2) is 7.25. The van der Waals surface area contributed by atoms with Crippen molar-refractivity contribution in [3.63, 3.8) is 0 Å². The standard InChI is InChI=1S/C19H12BrIN6/c20-14-8-4-2-5-11(14)9-15-24-18-16(21)17(25-19(23)27(18)26-15)13-7-3-1-6-12(13)10-22/h1-8H,9H2,(H2,23,25). The number of halogens is 2. The third-order valence-corrected chi connectivity index (χ3v) is 5.87. The zero-order valence-corrected chi connectivity index (χ0v) is 17.6. The first-order valence-corrected chi connectivity index (χ1v) is 9.89. The molecule has 0 amide bonds. The van der Waals surface area contributed by atoms with Gasteiger partial charge in [-0.15, -0.1) is 5.10 Å². The summed E-state index contributed by atoms with van der Waals surface area (Å²) in [4.78, 5) is 9.16. The lowest BCUT2D eigenvalue weighted by molar-refractivity contribution is 0.888. The summed E-state index contributed by atoms with van der Waals surface area (Å²) in [5.41, 5.74) is 9.77. The third-order valence-electron chi connectivity index (χ3n) is 4.11. The monoisotopic (exact) mass is 530 g/mol. The SMILES string of the molecule is N#Cc1ccccc1-c1nc(N)n2nc(Cc3ccccc3Br)nc2c1I. The van der Waals surface area contributed by atoms with E-state index in [-0.39, 0.29) is 5.95 Å². The number of hydrogen-bond donors (Lipinski definition) is 1. The number of fused-ring (bicyclic) bond motifs is 1. The Hall–Kier alpha value is -2.51. The lowest BCUT2D eigenvalue weighted by Gasteiger charge is -2.08. The van der Waals surface area contributed by atoms with Gasteiger partial charge in [0.05, 0.1) is 20.9 Å². The van der Waals surface area contributed by atoms with Crippen LogP contribution in [0.25, 0.3) is 16.9 Å². The minimum atomic E-state index is 0.235. The number of nitriles is 1. The molecule has 2 N–H and O–H groups in total. The van der Waals surface area contributed by atoms with Gasteiger partial charge in [0.25, 0.3) is 0 Å². The number of nitrogens with zero attached hydrogens (tertiary/aromatic N) is 5. The van der Waals surface area contributed by atoms with Crippen LogP contribution in [0.1, 0.15) is 17.0 Å². The molecule has 0 bridgehead atoms. The number of aromatic nitrogens is 4. The highest BCUT2D eigenvalue weighted by atomic mass is 127. The fraction of sp³-hybridized carbons (Fsp3) is 0.0526. The fourth-order valence-corrected chi connectivity index (χ4v) is 4.01. The van der Waals surface area contributed by atoms with Crippen LogP contribution in [0.15, 0.2) is 53.0 Å². The highest BCUT2D eigenvalue weighted by Crippen LogP contribution is 2.30. The summed E-state index contributed by atoms with van der Waals surface area (Å²) in [5, 5.41) is 13.9. The predicted molar refractivity (Wildman–Crippen MR) is 115 cm³/mol. The Morgan fingerprint density at radius 2 is 1.85 bits per heavy atom. The zero-order chi connectivity index (χ0) is 19.0. The molecule has 8 heteroatoms. The van der Waals surface area contributed by atoms with Crippen molar-refractivity contribution in [1.82, 2.24) is 19.6 Å². The van der Waals surface area contributed by atoms with Gasteiger partial charge in [-0.25, -0.2) is 9.97 Å². The van der Waals surface area contributed by atoms with Gasteiger partial charge in [0, 0.05) is 16.5 Å². The van der Waals surface area contributed by atoms with Gasteiger partial charge in [-0.05, 0) is 40.3 Å². The maximum absolute atomic E-state index is 9.40. The average molecular weight is 531 g/mol. The van der Waals surface area contributed by atoms with Crippen molar-refractivity contribution >= 4 is 50.1 Å². The number of rotatable bonds is 3. The highest BCUT2D eigenvalue weighted by molar-refractivity contribution is 14.1. The molecule has 2 aromatic carbocycles. The van der Waals surface area contributed by atoms with Crippen molar-refractivity contribution in [2.75, 3.05) is 5.73 Å². The minimum Gasteiger partial charge on any atom is -0.368 e. The second-order valence-electron chi connectivity index (χ2n) is 5.82. The highest BCUT2D eigenvalue weighted by Gasteiger charge is 2.18. The third kappa shape index (κ3) is 3.28. The Kier molecular flexibility index (Phi) is 4.80. The van der Waals surface area contributed by atoms with Crippen molar-refractivity contribution in [2.24, 2.45) is 0 Å². The first-order chi connectivity index (χ1) is 13.1. The van der Waals surface area contributed by atoms with E-state index in [9.17, 15) is 5.26 Å². The summed E-state index contributed by atoms with van der Waals surface area (Å²) in [6, 6.07) is 17.5. The molecule has 0 atom stereocenters. The van der Waals surface area contributed by atoms with E-state index in [1.165, 1.54) is 0 Å². The van der Waals surface area contributed by atoms with Crippen LogP contribution >= 0.6 is 38.5 Å². The molecule has 132 valence electrons. The molecule has 27 heavy (non-hydrogen) atoms. The molecule has 0 aliphatic carbocycles. The summed E-state index contributed by atoms with van der Waals surface area (Å²) in [6.45, 7) is 0. The van der Waals surface area contributed by atoms with E-state index in [1.54, 1.807) is 10.6 Å². The molecule has 0 aliphatic rings. The Morgan fingerprint density at radius 1 is 1.11 bits per heavy atom. The molecular weight excluding hydrogens is 519 g/mol. The molecule has 0 saturated carbocycles. The van der Waals surface area contributed by atoms with Crippen LogP contribution < -0.4 is 5.73 Å². The van der Waals surface area contributed by atoms with E-state index < -0.39 is 0 Å². The second-order valence-corrected chi connectivity index (χ2v) is 7.75. The van der Waals surface area contributed by atoms with Crippen LogP contribution in [0, 0.1) is 14.9 Å². The molecule has 0 saturated heterocycles. The molecule has 0 unspecified atom stereocenters. The first kappa shape index (κ1) is 17.9. The Labute approximate surface area is 177 Å². The minimum absolute atomic E-state index is 0.235. The van der Waals surface area contributed by atoms with Crippen LogP contribution in [0.2, 0.25) is 0 Å². The summed E-state index contributed by atoms with van der Waals surface area (Å²) < 4.78 is 3.36. The summed E-state index contributed by atoms with van der Waals surface area (Å²) in [6.07, 6.45) is 0.572. The lowest BCUT2D eigenvalue weighted by atomic mass is 10.1. The molecule has 2 heterocycles. The maximum Gasteiger partial charge on any atom is 0.223 e. The van der Waals surface area contributed by atoms with E-state index in [0.29, 0.717) is 29.1 Å². The number of nitrogens with two attached hydrogens (primary N) is 1. The molecule has 0 radical (unpaired) electrons. The number of nitrogen functional groups attached to an aromatic ring is 1. The van der Waals surface area contributed by atoms with E-state index in [2.05, 4.69) is 59.7 Å². The van der Waals surface area contributed by atoms with Gasteiger partial charge in [0.2, 0.25) is 5.95 Å². The van der Waals surface area contributed by atoms with Crippen molar-refractivity contribution in [3.8, 4) is 17.3 Å². The van der Waals surface area contributed by atoms with Crippen molar-refractivity contribution < 1.29 is 0 Å². The Morgan fingerprint density at radius 3 is 2.63 bits per heavy atom. The molecule has 4 aromatic rings. The zero-order valence-electron chi connectivity index (χ0n) is 13.9. The molecule has 0 fully saturated rings. The topological polar surface area (TPSA) is 92.9 Å². The molecule has 6 nitrogen and oxygen atoms in total. The van der Waals surface area contributed by atoms with Gasteiger partial charge < -0.3 is 5.73 Å². The largest absolute Gasteiger partial charge is 0.368 e. The Bertz CT molecular complexity index is 1210. The average Bonchev–Trinajstić information content (AvgIpc) is 3.11. The quantitative estimate of drug-likeness (QED) is 0.401. The summed E-state index contributed by atoms with van der Waals surface area (Å²) in [7, 11) is 0. The molecule has 0 aliphatic heterocycles. The van der Waals surface area contributed by atoms with Crippen molar-refractivity contribution in [2.45, 2.75) is 6.42 Å². The first-order valence-electron chi connectivity index (χ1n) is 8.02. The van der Waals surface area contributed by atoms with Gasteiger partial charge >= 0.3 is 0 Å². The number of anilines is 1.